The van der Waals surface area contributed by atoms with Gasteiger partial charge in [0.2, 0.25) is 16.9 Å². The Morgan fingerprint density at radius 1 is 1.27 bits per heavy atom. The lowest BCUT2D eigenvalue weighted by Crippen LogP contribution is -2.41. The molecule has 2 aromatic rings. The van der Waals surface area contributed by atoms with Crippen molar-refractivity contribution in [3.05, 3.63) is 35.6 Å². The maximum absolute atomic E-state index is 12.3. The van der Waals surface area contributed by atoms with E-state index in [9.17, 15) is 9.59 Å². The molecular formula is C17H21N5O3S. The van der Waals surface area contributed by atoms with Crippen molar-refractivity contribution in [1.29, 1.82) is 0 Å². The molecule has 138 valence electrons. The molecule has 1 fully saturated rings. The van der Waals surface area contributed by atoms with E-state index in [4.69, 9.17) is 4.74 Å². The van der Waals surface area contributed by atoms with Crippen LogP contribution in [0.4, 0.5) is 5.13 Å². The number of anilines is 1. The first kappa shape index (κ1) is 18.4. The van der Waals surface area contributed by atoms with Gasteiger partial charge >= 0.3 is 0 Å². The molecule has 3 heterocycles. The molecule has 3 rings (SSSR count). The first-order valence-corrected chi connectivity index (χ1v) is 9.44. The van der Waals surface area contributed by atoms with Crippen molar-refractivity contribution in [2.45, 2.75) is 38.4 Å². The van der Waals surface area contributed by atoms with Crippen LogP contribution in [0.3, 0.4) is 0 Å². The molecule has 0 bridgehead atoms. The Hall–Kier alpha value is -2.39. The number of piperidine rings is 1. The van der Waals surface area contributed by atoms with Gasteiger partial charge in [-0.3, -0.25) is 14.6 Å². The Balaban J connectivity index is 1.33. The lowest BCUT2D eigenvalue weighted by atomic mass is 10.1. The smallest absolute Gasteiger partial charge is 0.226 e. The average molecular weight is 375 g/mol. The SMILES string of the molecule is O=C(CCC(=O)N1CCC(OCc2ccccn2)CC1)Nc1nncs1. The lowest BCUT2D eigenvalue weighted by Gasteiger charge is -2.32. The highest BCUT2D eigenvalue weighted by atomic mass is 32.1. The van der Waals surface area contributed by atoms with Crippen LogP contribution in [0.5, 0.6) is 0 Å². The third kappa shape index (κ3) is 5.57. The maximum atomic E-state index is 12.3. The van der Waals surface area contributed by atoms with Crippen molar-refractivity contribution >= 4 is 28.3 Å². The highest BCUT2D eigenvalue weighted by Crippen LogP contribution is 2.16. The van der Waals surface area contributed by atoms with Gasteiger partial charge in [-0.2, -0.15) is 0 Å². The normalized spacial score (nSPS) is 15.0. The van der Waals surface area contributed by atoms with Crippen molar-refractivity contribution in [1.82, 2.24) is 20.1 Å². The van der Waals surface area contributed by atoms with E-state index in [0.29, 0.717) is 24.8 Å². The van der Waals surface area contributed by atoms with Crippen molar-refractivity contribution in [3.63, 3.8) is 0 Å². The van der Waals surface area contributed by atoms with Crippen LogP contribution in [0, 0.1) is 0 Å². The summed E-state index contributed by atoms with van der Waals surface area (Å²) >= 11 is 1.25. The Morgan fingerprint density at radius 3 is 2.81 bits per heavy atom. The number of pyridine rings is 1. The van der Waals surface area contributed by atoms with E-state index in [-0.39, 0.29) is 30.8 Å². The minimum absolute atomic E-state index is 0.000546. The number of hydrogen-bond donors (Lipinski definition) is 1. The van der Waals surface area contributed by atoms with E-state index in [2.05, 4.69) is 20.5 Å². The Bertz CT molecular complexity index is 702. The van der Waals surface area contributed by atoms with E-state index in [1.807, 2.05) is 18.2 Å². The van der Waals surface area contributed by atoms with Gasteiger partial charge in [0.05, 0.1) is 18.4 Å². The molecule has 1 aliphatic heterocycles. The third-order valence-electron chi connectivity index (χ3n) is 4.16. The molecule has 0 saturated carbocycles. The molecule has 2 amide bonds. The zero-order valence-electron chi connectivity index (χ0n) is 14.3. The summed E-state index contributed by atoms with van der Waals surface area (Å²) in [5.74, 6) is -0.218. The summed E-state index contributed by atoms with van der Waals surface area (Å²) in [6, 6.07) is 5.75. The summed E-state index contributed by atoms with van der Waals surface area (Å²) in [5, 5.41) is 10.5. The van der Waals surface area contributed by atoms with Gasteiger partial charge in [0.1, 0.15) is 5.51 Å². The van der Waals surface area contributed by atoms with E-state index in [1.165, 1.54) is 11.3 Å². The van der Waals surface area contributed by atoms with E-state index < -0.39 is 0 Å². The van der Waals surface area contributed by atoms with Gasteiger partial charge in [-0.05, 0) is 25.0 Å². The van der Waals surface area contributed by atoms with Crippen LogP contribution >= 0.6 is 11.3 Å². The van der Waals surface area contributed by atoms with E-state index in [0.717, 1.165) is 18.5 Å². The van der Waals surface area contributed by atoms with Gasteiger partial charge in [-0.1, -0.05) is 17.4 Å². The summed E-state index contributed by atoms with van der Waals surface area (Å²) in [7, 11) is 0. The fraction of sp³-hybridized carbons (Fsp3) is 0.471. The van der Waals surface area contributed by atoms with Crippen molar-refractivity contribution < 1.29 is 14.3 Å². The largest absolute Gasteiger partial charge is 0.372 e. The Labute approximate surface area is 155 Å². The molecule has 0 aliphatic carbocycles. The second kappa shape index (κ2) is 9.35. The quantitative estimate of drug-likeness (QED) is 0.793. The van der Waals surface area contributed by atoms with E-state index in [1.54, 1.807) is 16.6 Å². The molecule has 0 spiro atoms. The van der Waals surface area contributed by atoms with Gasteiger partial charge < -0.3 is 15.0 Å². The van der Waals surface area contributed by atoms with Crippen LogP contribution in [0.25, 0.3) is 0 Å². The number of rotatable bonds is 7. The summed E-state index contributed by atoms with van der Waals surface area (Å²) < 4.78 is 5.88. The molecule has 8 nitrogen and oxygen atoms in total. The van der Waals surface area contributed by atoms with Gasteiger partial charge in [0.15, 0.2) is 0 Å². The number of ether oxygens (including phenoxy) is 1. The molecular weight excluding hydrogens is 354 g/mol. The highest BCUT2D eigenvalue weighted by Gasteiger charge is 2.23. The second-order valence-electron chi connectivity index (χ2n) is 6.00. The lowest BCUT2D eigenvalue weighted by molar-refractivity contribution is -0.135. The predicted molar refractivity (Wildman–Crippen MR) is 96.4 cm³/mol. The fourth-order valence-electron chi connectivity index (χ4n) is 2.75. The topological polar surface area (TPSA) is 97.3 Å². The average Bonchev–Trinajstić information content (AvgIpc) is 3.18. The van der Waals surface area contributed by atoms with Crippen LogP contribution in [0.1, 0.15) is 31.4 Å². The zero-order valence-corrected chi connectivity index (χ0v) is 15.2. The van der Waals surface area contributed by atoms with Gasteiger partial charge in [0, 0.05) is 32.1 Å². The molecule has 1 N–H and O–H groups in total. The standard InChI is InChI=1S/C17H21N5O3S/c23-15(20-17-21-19-12-26-17)4-5-16(24)22-9-6-14(7-10-22)25-11-13-3-1-2-8-18-13/h1-3,8,12,14H,4-7,9-11H2,(H,20,21,23). The highest BCUT2D eigenvalue weighted by molar-refractivity contribution is 7.13. The second-order valence-corrected chi connectivity index (χ2v) is 6.84. The van der Waals surface area contributed by atoms with Crippen LogP contribution in [-0.4, -0.2) is 51.1 Å². The molecule has 9 heteroatoms. The van der Waals surface area contributed by atoms with Crippen molar-refractivity contribution in [2.24, 2.45) is 0 Å². The number of nitrogens with one attached hydrogen (secondary N) is 1. The number of likely N-dealkylation sites (tertiary alicyclic amines) is 1. The van der Waals surface area contributed by atoms with Crippen molar-refractivity contribution in [2.75, 3.05) is 18.4 Å². The summed E-state index contributed by atoms with van der Waals surface area (Å²) in [6.07, 6.45) is 3.84. The third-order valence-corrected chi connectivity index (χ3v) is 4.77. The number of nitrogens with zero attached hydrogens (tertiary/aromatic N) is 4. The van der Waals surface area contributed by atoms with Gasteiger partial charge in [-0.15, -0.1) is 10.2 Å². The molecule has 2 aromatic heterocycles. The fourth-order valence-corrected chi connectivity index (χ4v) is 3.21. The van der Waals surface area contributed by atoms with Crippen LogP contribution < -0.4 is 5.32 Å². The van der Waals surface area contributed by atoms with Crippen molar-refractivity contribution in [3.8, 4) is 0 Å². The van der Waals surface area contributed by atoms with Crippen LogP contribution in [0.15, 0.2) is 29.9 Å². The summed E-state index contributed by atoms with van der Waals surface area (Å²) in [6.45, 7) is 1.80. The van der Waals surface area contributed by atoms with Gasteiger partial charge in [-0.25, -0.2) is 0 Å². The van der Waals surface area contributed by atoms with E-state index >= 15 is 0 Å². The summed E-state index contributed by atoms with van der Waals surface area (Å²) in [5.41, 5.74) is 2.45. The number of aromatic nitrogens is 3. The Kier molecular flexibility index (Phi) is 6.62. The molecule has 1 aliphatic rings. The minimum Gasteiger partial charge on any atom is -0.372 e. The number of carbonyl (C=O) groups is 2. The molecule has 0 aromatic carbocycles. The van der Waals surface area contributed by atoms with Crippen LogP contribution in [0.2, 0.25) is 0 Å². The van der Waals surface area contributed by atoms with Gasteiger partial charge in [0.25, 0.3) is 0 Å². The maximum Gasteiger partial charge on any atom is 0.226 e. The zero-order chi connectivity index (χ0) is 18.2. The monoisotopic (exact) mass is 375 g/mol. The molecule has 26 heavy (non-hydrogen) atoms. The number of hydrogen-bond acceptors (Lipinski definition) is 7. The number of carbonyl (C=O) groups excluding carboxylic acids is 2. The first-order valence-electron chi connectivity index (χ1n) is 8.56. The Morgan fingerprint density at radius 2 is 2.12 bits per heavy atom. The predicted octanol–water partition coefficient (Wildman–Crippen LogP) is 1.86. The first-order chi connectivity index (χ1) is 12.7. The molecule has 0 unspecified atom stereocenters. The summed E-state index contributed by atoms with van der Waals surface area (Å²) in [4.78, 5) is 30.1. The van der Waals surface area contributed by atoms with Crippen LogP contribution in [-0.2, 0) is 20.9 Å². The number of amides is 2. The minimum atomic E-state index is -0.219. The molecule has 0 radical (unpaired) electrons. The molecule has 0 atom stereocenters. The molecule has 1 saturated heterocycles.